The van der Waals surface area contributed by atoms with Gasteiger partial charge in [0, 0.05) is 41.7 Å². The molecule has 3 aromatic heterocycles. The number of hydrogen-bond donors (Lipinski definition) is 1. The molecular weight excluding hydrogens is 531 g/mol. The van der Waals surface area contributed by atoms with Crippen LogP contribution in [0, 0.1) is 6.92 Å². The number of aromatic nitrogens is 3. The lowest BCUT2D eigenvalue weighted by Crippen LogP contribution is -2.55. The summed E-state index contributed by atoms with van der Waals surface area (Å²) in [5.41, 5.74) is -0.624. The zero-order chi connectivity index (χ0) is 27.9. The lowest BCUT2D eigenvalue weighted by molar-refractivity contribution is -0.143. The topological polar surface area (TPSA) is 83.2 Å². The quantitative estimate of drug-likeness (QED) is 0.370. The van der Waals surface area contributed by atoms with Gasteiger partial charge in [0.25, 0.3) is 5.91 Å². The number of rotatable bonds is 6. The second-order valence-corrected chi connectivity index (χ2v) is 10.5. The Morgan fingerprint density at radius 2 is 1.97 bits per heavy atom. The SMILES string of the molecule is COc1ccc(-c2nc3c(C(=O)N4CCN([C@H](CO)c5cccs5)C[C@H]4C)cnn3c(C(F)(F)F)c2C)cc1. The van der Waals surface area contributed by atoms with E-state index in [9.17, 15) is 23.1 Å². The highest BCUT2D eigenvalue weighted by Gasteiger charge is 2.39. The van der Waals surface area contributed by atoms with Crippen LogP contribution in [0.1, 0.15) is 39.5 Å². The molecule has 1 amide bonds. The minimum atomic E-state index is -4.72. The van der Waals surface area contributed by atoms with Gasteiger partial charge in [-0.05, 0) is 49.6 Å². The van der Waals surface area contributed by atoms with Crippen LogP contribution < -0.4 is 4.74 Å². The Bertz CT molecular complexity index is 1470. The summed E-state index contributed by atoms with van der Waals surface area (Å²) in [5.74, 6) is 0.128. The molecule has 206 valence electrons. The van der Waals surface area contributed by atoms with E-state index in [0.717, 1.165) is 9.39 Å². The van der Waals surface area contributed by atoms with Crippen molar-refractivity contribution in [3.63, 3.8) is 0 Å². The molecule has 0 bridgehead atoms. The average molecular weight is 560 g/mol. The minimum Gasteiger partial charge on any atom is -0.497 e. The van der Waals surface area contributed by atoms with Crippen molar-refractivity contribution in [2.45, 2.75) is 32.1 Å². The third-order valence-corrected chi connectivity index (χ3v) is 8.12. The normalized spacial score (nSPS) is 17.5. The van der Waals surface area contributed by atoms with Gasteiger partial charge in [0.2, 0.25) is 0 Å². The molecule has 12 heteroatoms. The molecule has 0 unspecified atom stereocenters. The third-order valence-electron chi connectivity index (χ3n) is 7.15. The monoisotopic (exact) mass is 559 g/mol. The molecule has 8 nitrogen and oxygen atoms in total. The van der Waals surface area contributed by atoms with Crippen molar-refractivity contribution < 1.29 is 27.8 Å². The van der Waals surface area contributed by atoms with Gasteiger partial charge in [-0.3, -0.25) is 9.69 Å². The van der Waals surface area contributed by atoms with E-state index in [1.54, 1.807) is 40.5 Å². The summed E-state index contributed by atoms with van der Waals surface area (Å²) in [6.45, 7) is 4.56. The second kappa shape index (κ2) is 10.6. The van der Waals surface area contributed by atoms with Crippen LogP contribution in [0.2, 0.25) is 0 Å². The Labute approximate surface area is 227 Å². The molecule has 1 aliphatic rings. The molecule has 1 saturated heterocycles. The zero-order valence-electron chi connectivity index (χ0n) is 21.6. The largest absolute Gasteiger partial charge is 0.497 e. The van der Waals surface area contributed by atoms with Gasteiger partial charge in [0.1, 0.15) is 11.3 Å². The van der Waals surface area contributed by atoms with E-state index in [2.05, 4.69) is 15.0 Å². The van der Waals surface area contributed by atoms with Crippen LogP contribution in [0.4, 0.5) is 13.2 Å². The molecule has 4 aromatic rings. The summed E-state index contributed by atoms with van der Waals surface area (Å²) in [4.78, 5) is 23.0. The van der Waals surface area contributed by atoms with Gasteiger partial charge >= 0.3 is 6.18 Å². The van der Waals surface area contributed by atoms with Gasteiger partial charge in [0.05, 0.1) is 31.6 Å². The first-order valence-electron chi connectivity index (χ1n) is 12.4. The molecule has 1 aliphatic heterocycles. The summed E-state index contributed by atoms with van der Waals surface area (Å²) in [5, 5.41) is 15.9. The molecule has 5 rings (SSSR count). The van der Waals surface area contributed by atoms with E-state index < -0.39 is 17.8 Å². The minimum absolute atomic E-state index is 0.00697. The standard InChI is InChI=1S/C27H28F3N5O3S/c1-16-14-33(21(15-36)22-5-4-12-39-22)10-11-34(16)26(37)20-13-31-35-24(27(28,29)30)17(2)23(32-25(20)35)18-6-8-19(38-3)9-7-18/h4-9,12-13,16,21,36H,10-11,14-15H2,1-3H3/t16-,21-/m1/s1. The number of fused-ring (bicyclic) bond motifs is 1. The van der Waals surface area contributed by atoms with Gasteiger partial charge in [-0.15, -0.1) is 11.3 Å². The van der Waals surface area contributed by atoms with E-state index in [4.69, 9.17) is 4.74 Å². The highest BCUT2D eigenvalue weighted by molar-refractivity contribution is 7.10. The summed E-state index contributed by atoms with van der Waals surface area (Å²) in [7, 11) is 1.50. The number of nitrogens with zero attached hydrogens (tertiary/aromatic N) is 5. The maximum Gasteiger partial charge on any atom is 0.433 e. The van der Waals surface area contributed by atoms with Crippen LogP contribution in [0.5, 0.6) is 5.75 Å². The van der Waals surface area contributed by atoms with Crippen molar-refractivity contribution in [1.29, 1.82) is 0 Å². The number of aliphatic hydroxyl groups is 1. The van der Waals surface area contributed by atoms with Gasteiger partial charge in [-0.1, -0.05) is 6.07 Å². The van der Waals surface area contributed by atoms with Crippen LogP contribution in [-0.2, 0) is 6.18 Å². The van der Waals surface area contributed by atoms with Crippen LogP contribution in [0.15, 0.2) is 48.0 Å². The molecule has 2 atom stereocenters. The molecule has 0 aliphatic carbocycles. The maximum absolute atomic E-state index is 14.3. The highest BCUT2D eigenvalue weighted by atomic mass is 32.1. The molecule has 4 heterocycles. The van der Waals surface area contributed by atoms with Gasteiger partial charge in [-0.25, -0.2) is 9.50 Å². The molecular formula is C27H28F3N5O3S. The first-order valence-corrected chi connectivity index (χ1v) is 13.3. The predicted octanol–water partition coefficient (Wildman–Crippen LogP) is 4.67. The summed E-state index contributed by atoms with van der Waals surface area (Å²) >= 11 is 1.56. The molecule has 0 saturated carbocycles. The third kappa shape index (κ3) is 4.99. The van der Waals surface area contributed by atoms with E-state index in [1.165, 1.54) is 20.2 Å². The number of hydrogen-bond acceptors (Lipinski definition) is 7. The number of halogens is 3. The lowest BCUT2D eigenvalue weighted by atomic mass is 10.0. The molecule has 1 N–H and O–H groups in total. The van der Waals surface area contributed by atoms with Crippen molar-refractivity contribution in [1.82, 2.24) is 24.4 Å². The average Bonchev–Trinajstić information content (AvgIpc) is 3.58. The van der Waals surface area contributed by atoms with Crippen molar-refractivity contribution in [2.24, 2.45) is 0 Å². The summed E-state index contributed by atoms with van der Waals surface area (Å²) in [6, 6.07) is 10.0. The Kier molecular flexibility index (Phi) is 7.36. The van der Waals surface area contributed by atoms with Gasteiger partial charge in [-0.2, -0.15) is 18.3 Å². The maximum atomic E-state index is 14.3. The zero-order valence-corrected chi connectivity index (χ0v) is 22.5. The van der Waals surface area contributed by atoms with Crippen molar-refractivity contribution in [3.05, 3.63) is 69.7 Å². The number of benzene rings is 1. The van der Waals surface area contributed by atoms with Crippen LogP contribution in [0.25, 0.3) is 16.9 Å². The van der Waals surface area contributed by atoms with Crippen LogP contribution >= 0.6 is 11.3 Å². The summed E-state index contributed by atoms with van der Waals surface area (Å²) < 4.78 is 48.7. The molecule has 1 aromatic carbocycles. The fourth-order valence-electron chi connectivity index (χ4n) is 5.18. The number of amides is 1. The lowest BCUT2D eigenvalue weighted by Gasteiger charge is -2.42. The van der Waals surface area contributed by atoms with Crippen LogP contribution in [0.3, 0.4) is 0 Å². The molecule has 0 radical (unpaired) electrons. The number of carbonyl (C=O) groups is 1. The number of thiophene rings is 1. The number of carbonyl (C=O) groups excluding carboxylic acids is 1. The Morgan fingerprint density at radius 1 is 1.23 bits per heavy atom. The van der Waals surface area contributed by atoms with Crippen LogP contribution in [-0.4, -0.2) is 74.8 Å². The van der Waals surface area contributed by atoms with E-state index >= 15 is 0 Å². The van der Waals surface area contributed by atoms with Crippen molar-refractivity contribution in [2.75, 3.05) is 33.4 Å². The molecule has 0 spiro atoms. The number of aliphatic hydroxyl groups excluding tert-OH is 1. The number of piperazine rings is 1. The number of methoxy groups -OCH3 is 1. The van der Waals surface area contributed by atoms with E-state index in [0.29, 0.717) is 30.9 Å². The Balaban J connectivity index is 1.50. The van der Waals surface area contributed by atoms with E-state index in [1.807, 2.05) is 24.4 Å². The molecule has 1 fully saturated rings. The Hall–Kier alpha value is -3.48. The smallest absolute Gasteiger partial charge is 0.433 e. The van der Waals surface area contributed by atoms with Gasteiger partial charge in [0.15, 0.2) is 11.3 Å². The Morgan fingerprint density at radius 3 is 2.56 bits per heavy atom. The summed E-state index contributed by atoms with van der Waals surface area (Å²) in [6.07, 6.45) is -3.56. The van der Waals surface area contributed by atoms with Crippen molar-refractivity contribution in [3.8, 4) is 17.0 Å². The fraction of sp³-hybridized carbons (Fsp3) is 0.370. The van der Waals surface area contributed by atoms with Crippen molar-refractivity contribution >= 4 is 22.9 Å². The van der Waals surface area contributed by atoms with E-state index in [-0.39, 0.29) is 41.2 Å². The predicted molar refractivity (Wildman–Crippen MR) is 141 cm³/mol. The second-order valence-electron chi connectivity index (χ2n) is 9.51. The number of ether oxygens (including phenoxy) is 1. The molecule has 39 heavy (non-hydrogen) atoms. The first kappa shape index (κ1) is 27.1. The van der Waals surface area contributed by atoms with Gasteiger partial charge < -0.3 is 14.7 Å². The first-order chi connectivity index (χ1) is 18.6. The highest BCUT2D eigenvalue weighted by Crippen LogP contribution is 2.37. The number of alkyl halides is 3. The fourth-order valence-corrected chi connectivity index (χ4v) is 6.03.